The Hall–Kier alpha value is -3.35. The van der Waals surface area contributed by atoms with E-state index in [-0.39, 0.29) is 36.9 Å². The molecule has 7 nitrogen and oxygen atoms in total. The number of ether oxygens (including phenoxy) is 1. The van der Waals surface area contributed by atoms with Crippen molar-refractivity contribution in [2.45, 2.75) is 57.5 Å². The van der Waals surface area contributed by atoms with Gasteiger partial charge in [0, 0.05) is 17.5 Å². The van der Waals surface area contributed by atoms with Crippen molar-refractivity contribution in [3.8, 4) is 11.1 Å². The fourth-order valence-corrected chi connectivity index (χ4v) is 6.09. The molecule has 184 valence electrons. The van der Waals surface area contributed by atoms with Gasteiger partial charge in [0.15, 0.2) is 0 Å². The zero-order chi connectivity index (χ0) is 25.0. The van der Waals surface area contributed by atoms with E-state index in [4.69, 9.17) is 4.74 Å². The van der Waals surface area contributed by atoms with Crippen molar-refractivity contribution in [1.82, 2.24) is 10.2 Å². The Bertz CT molecular complexity index is 1140. The second kappa shape index (κ2) is 8.40. The second-order valence-electron chi connectivity index (χ2n) is 11.1. The van der Waals surface area contributed by atoms with Crippen molar-refractivity contribution in [1.29, 1.82) is 0 Å². The molecule has 5 rings (SSSR count). The number of carboxylic acids is 1. The standard InChI is InChI=1S/C28H32N2O5/c1-27(2,3)30(15-24(31)32)25(33)28-13-17(28)12-18(14-28)29-26(34)35-16-23-21-10-6-4-8-19(21)20-9-5-7-11-22(20)23/h4-11,17-18,23H,12-16H2,1-3H3,(H,29,34)(H,31,32). The van der Waals surface area contributed by atoms with Gasteiger partial charge < -0.3 is 20.1 Å². The molecule has 0 aromatic heterocycles. The lowest BCUT2D eigenvalue weighted by Crippen LogP contribution is -2.51. The molecule has 0 bridgehead atoms. The quantitative estimate of drug-likeness (QED) is 0.644. The van der Waals surface area contributed by atoms with Gasteiger partial charge in [-0.3, -0.25) is 9.59 Å². The van der Waals surface area contributed by atoms with E-state index in [0.29, 0.717) is 12.8 Å². The van der Waals surface area contributed by atoms with Crippen molar-refractivity contribution in [2.24, 2.45) is 11.3 Å². The maximum atomic E-state index is 13.4. The molecule has 35 heavy (non-hydrogen) atoms. The molecule has 2 saturated carbocycles. The number of aliphatic carboxylic acids is 1. The topological polar surface area (TPSA) is 95.9 Å². The van der Waals surface area contributed by atoms with E-state index in [2.05, 4.69) is 29.6 Å². The first kappa shape index (κ1) is 23.4. The fraction of sp³-hybridized carbons (Fsp3) is 0.464. The van der Waals surface area contributed by atoms with Crippen molar-refractivity contribution in [2.75, 3.05) is 13.2 Å². The predicted octanol–water partition coefficient (Wildman–Crippen LogP) is 4.41. The third-order valence-electron chi connectivity index (χ3n) is 7.85. The summed E-state index contributed by atoms with van der Waals surface area (Å²) in [5.74, 6) is -0.968. The van der Waals surface area contributed by atoms with Gasteiger partial charge in [0.2, 0.25) is 5.91 Å². The molecule has 3 aliphatic carbocycles. The van der Waals surface area contributed by atoms with E-state index in [1.165, 1.54) is 16.0 Å². The molecule has 0 spiro atoms. The van der Waals surface area contributed by atoms with Gasteiger partial charge >= 0.3 is 12.1 Å². The summed E-state index contributed by atoms with van der Waals surface area (Å²) >= 11 is 0. The fourth-order valence-electron chi connectivity index (χ4n) is 6.09. The molecule has 0 radical (unpaired) electrons. The summed E-state index contributed by atoms with van der Waals surface area (Å²) in [5.41, 5.74) is 3.53. The van der Waals surface area contributed by atoms with Gasteiger partial charge in [0.1, 0.15) is 13.2 Å². The largest absolute Gasteiger partial charge is 0.480 e. The van der Waals surface area contributed by atoms with Gasteiger partial charge in [-0.1, -0.05) is 48.5 Å². The lowest BCUT2D eigenvalue weighted by molar-refractivity contribution is -0.151. The minimum absolute atomic E-state index is 0.00517. The summed E-state index contributed by atoms with van der Waals surface area (Å²) in [6.07, 6.45) is 1.51. The number of carbonyl (C=O) groups is 3. The van der Waals surface area contributed by atoms with Crippen molar-refractivity contribution in [3.63, 3.8) is 0 Å². The van der Waals surface area contributed by atoms with E-state index in [1.807, 2.05) is 45.0 Å². The third kappa shape index (κ3) is 4.17. The number of fused-ring (bicyclic) bond motifs is 4. The van der Waals surface area contributed by atoms with E-state index >= 15 is 0 Å². The van der Waals surface area contributed by atoms with Crippen LogP contribution in [0.5, 0.6) is 0 Å². The number of rotatable bonds is 6. The minimum Gasteiger partial charge on any atom is -0.480 e. The lowest BCUT2D eigenvalue weighted by atomic mass is 9.96. The minimum atomic E-state index is -1.02. The Kier molecular flexibility index (Phi) is 5.61. The van der Waals surface area contributed by atoms with Crippen LogP contribution in [0.15, 0.2) is 48.5 Å². The first-order chi connectivity index (χ1) is 16.6. The molecule has 2 fully saturated rings. The Morgan fingerprint density at radius 1 is 1.03 bits per heavy atom. The van der Waals surface area contributed by atoms with Gasteiger partial charge in [-0.15, -0.1) is 0 Å². The Morgan fingerprint density at radius 3 is 2.20 bits per heavy atom. The van der Waals surface area contributed by atoms with Crippen molar-refractivity contribution in [3.05, 3.63) is 59.7 Å². The Morgan fingerprint density at radius 2 is 1.63 bits per heavy atom. The van der Waals surface area contributed by atoms with Crippen LogP contribution in [-0.2, 0) is 14.3 Å². The molecule has 3 unspecified atom stereocenters. The highest BCUT2D eigenvalue weighted by Gasteiger charge is 2.66. The summed E-state index contributed by atoms with van der Waals surface area (Å²) in [6, 6.07) is 16.3. The normalized spacial score (nSPS) is 24.2. The molecular formula is C28H32N2O5. The molecule has 2 amide bonds. The number of carbonyl (C=O) groups excluding carboxylic acids is 2. The van der Waals surface area contributed by atoms with Crippen LogP contribution in [0.2, 0.25) is 0 Å². The summed E-state index contributed by atoms with van der Waals surface area (Å²) in [5, 5.41) is 12.3. The maximum absolute atomic E-state index is 13.4. The molecule has 7 heteroatoms. The summed E-state index contributed by atoms with van der Waals surface area (Å²) in [4.78, 5) is 38.9. The molecule has 0 aliphatic heterocycles. The average molecular weight is 477 g/mol. The molecule has 3 aliphatic rings. The first-order valence-corrected chi connectivity index (χ1v) is 12.3. The van der Waals surface area contributed by atoms with Crippen LogP contribution in [0.25, 0.3) is 11.1 Å². The number of alkyl carbamates (subject to hydrolysis) is 1. The summed E-state index contributed by atoms with van der Waals surface area (Å²) in [6.45, 7) is 5.48. The zero-order valence-corrected chi connectivity index (χ0v) is 20.4. The maximum Gasteiger partial charge on any atom is 0.407 e. The van der Waals surface area contributed by atoms with Crippen LogP contribution >= 0.6 is 0 Å². The van der Waals surface area contributed by atoms with Gasteiger partial charge in [-0.25, -0.2) is 4.79 Å². The number of benzene rings is 2. The summed E-state index contributed by atoms with van der Waals surface area (Å²) in [7, 11) is 0. The Labute approximate surface area is 205 Å². The highest BCUT2D eigenvalue weighted by atomic mass is 16.5. The molecule has 2 aromatic carbocycles. The van der Waals surface area contributed by atoms with Gasteiger partial charge in [-0.05, 0) is 68.2 Å². The molecule has 0 saturated heterocycles. The third-order valence-corrected chi connectivity index (χ3v) is 7.85. The van der Waals surface area contributed by atoms with E-state index < -0.39 is 23.0 Å². The number of nitrogens with one attached hydrogen (secondary N) is 1. The molecule has 2 aromatic rings. The highest BCUT2D eigenvalue weighted by molar-refractivity contribution is 5.90. The first-order valence-electron chi connectivity index (χ1n) is 12.3. The average Bonchev–Trinajstić information content (AvgIpc) is 3.23. The molecular weight excluding hydrogens is 444 g/mol. The van der Waals surface area contributed by atoms with Crippen LogP contribution < -0.4 is 5.32 Å². The van der Waals surface area contributed by atoms with Crippen LogP contribution in [-0.4, -0.2) is 52.7 Å². The molecule has 3 atom stereocenters. The monoisotopic (exact) mass is 476 g/mol. The number of hydrogen-bond acceptors (Lipinski definition) is 4. The van der Waals surface area contributed by atoms with Crippen LogP contribution in [0.4, 0.5) is 4.79 Å². The number of amides is 2. The van der Waals surface area contributed by atoms with Crippen LogP contribution in [0.3, 0.4) is 0 Å². The lowest BCUT2D eigenvalue weighted by Gasteiger charge is -2.37. The Balaban J connectivity index is 1.21. The van der Waals surface area contributed by atoms with Crippen LogP contribution in [0, 0.1) is 11.3 Å². The molecule has 0 heterocycles. The van der Waals surface area contributed by atoms with Gasteiger partial charge in [-0.2, -0.15) is 0 Å². The van der Waals surface area contributed by atoms with Gasteiger partial charge in [0.05, 0.1) is 5.41 Å². The second-order valence-corrected chi connectivity index (χ2v) is 11.1. The van der Waals surface area contributed by atoms with E-state index in [0.717, 1.165) is 17.5 Å². The smallest absolute Gasteiger partial charge is 0.407 e. The number of nitrogens with zero attached hydrogens (tertiary/aromatic N) is 1. The van der Waals surface area contributed by atoms with E-state index in [9.17, 15) is 19.5 Å². The molecule has 2 N–H and O–H groups in total. The highest BCUT2D eigenvalue weighted by Crippen LogP contribution is 2.64. The number of hydrogen-bond donors (Lipinski definition) is 2. The van der Waals surface area contributed by atoms with Crippen molar-refractivity contribution < 1.29 is 24.2 Å². The van der Waals surface area contributed by atoms with E-state index in [1.54, 1.807) is 0 Å². The van der Waals surface area contributed by atoms with Gasteiger partial charge in [0.25, 0.3) is 0 Å². The summed E-state index contributed by atoms with van der Waals surface area (Å²) < 4.78 is 5.68. The number of carboxylic acid groups (broad SMARTS) is 1. The van der Waals surface area contributed by atoms with Crippen LogP contribution in [0.1, 0.15) is 57.1 Å². The zero-order valence-electron chi connectivity index (χ0n) is 20.4. The predicted molar refractivity (Wildman–Crippen MR) is 131 cm³/mol. The SMILES string of the molecule is CC(C)(C)N(CC(=O)O)C(=O)C12CC(NC(=O)OCC3c4ccccc4-c4ccccc43)CC1C2. The van der Waals surface area contributed by atoms with Crippen molar-refractivity contribution >= 4 is 18.0 Å².